The van der Waals surface area contributed by atoms with Crippen LogP contribution in [0.3, 0.4) is 0 Å². The van der Waals surface area contributed by atoms with Crippen LogP contribution < -0.4 is 20.4 Å². The highest BCUT2D eigenvalue weighted by Gasteiger charge is 2.37. The summed E-state index contributed by atoms with van der Waals surface area (Å²) >= 11 is 3.58. The molecule has 0 spiro atoms. The summed E-state index contributed by atoms with van der Waals surface area (Å²) in [6, 6.07) is 3.55. The van der Waals surface area contributed by atoms with E-state index in [1.165, 1.54) is 0 Å². The van der Waals surface area contributed by atoms with Crippen LogP contribution in [0.5, 0.6) is 5.75 Å². The molecule has 1 atom stereocenters. The summed E-state index contributed by atoms with van der Waals surface area (Å²) in [7, 11) is 0. The molecule has 0 bridgehead atoms. The molecule has 1 fully saturated rings. The fourth-order valence-corrected chi connectivity index (χ4v) is 3.86. The Morgan fingerprint density at radius 1 is 1.38 bits per heavy atom. The van der Waals surface area contributed by atoms with Crippen molar-refractivity contribution in [2.75, 3.05) is 29.9 Å². The van der Waals surface area contributed by atoms with E-state index in [1.54, 1.807) is 4.90 Å². The van der Waals surface area contributed by atoms with Gasteiger partial charge in [0.1, 0.15) is 24.0 Å². The molecule has 0 aromatic heterocycles. The quantitative estimate of drug-likeness (QED) is 0.696. The number of likely N-dealkylation sites (tertiary alicyclic amines) is 1. The van der Waals surface area contributed by atoms with Crippen molar-refractivity contribution in [1.29, 1.82) is 0 Å². The fraction of sp³-hybridized carbons (Fsp3) is 0.526. The second-order valence-electron chi connectivity index (χ2n) is 8.37. The van der Waals surface area contributed by atoms with Crippen molar-refractivity contribution in [3.05, 3.63) is 16.6 Å². The van der Waals surface area contributed by atoms with Crippen molar-refractivity contribution in [3.8, 4) is 5.75 Å². The summed E-state index contributed by atoms with van der Waals surface area (Å²) in [5.74, 6) is 1.19. The van der Waals surface area contributed by atoms with Crippen LogP contribution >= 0.6 is 15.9 Å². The van der Waals surface area contributed by atoms with E-state index in [0.717, 1.165) is 15.8 Å². The first-order chi connectivity index (χ1) is 13.6. The molecule has 3 heterocycles. The average molecular weight is 466 g/mol. The van der Waals surface area contributed by atoms with Gasteiger partial charge in [-0.05, 0) is 55.8 Å². The van der Waals surface area contributed by atoms with E-state index in [9.17, 15) is 9.59 Å². The van der Waals surface area contributed by atoms with Gasteiger partial charge in [0.2, 0.25) is 0 Å². The SMILES string of the molecule is C[C@H]1C(=O)NN=C2COc3cc(Br)c(NC4CN(C(=O)OC(C)(C)C)C4)cc3N21. The van der Waals surface area contributed by atoms with E-state index in [4.69, 9.17) is 9.47 Å². The van der Waals surface area contributed by atoms with Crippen LogP contribution in [0.15, 0.2) is 21.7 Å². The number of nitrogens with zero attached hydrogens (tertiary/aromatic N) is 3. The smallest absolute Gasteiger partial charge is 0.410 e. The number of rotatable bonds is 2. The van der Waals surface area contributed by atoms with Gasteiger partial charge in [0.25, 0.3) is 5.91 Å². The minimum atomic E-state index is -0.506. The Morgan fingerprint density at radius 3 is 2.79 bits per heavy atom. The molecule has 0 radical (unpaired) electrons. The largest absolute Gasteiger partial charge is 0.483 e. The van der Waals surface area contributed by atoms with Crippen molar-refractivity contribution in [3.63, 3.8) is 0 Å². The lowest BCUT2D eigenvalue weighted by atomic mass is 10.1. The van der Waals surface area contributed by atoms with Gasteiger partial charge in [0.05, 0.1) is 17.4 Å². The summed E-state index contributed by atoms with van der Waals surface area (Å²) in [4.78, 5) is 27.7. The summed E-state index contributed by atoms with van der Waals surface area (Å²) < 4.78 is 12.0. The molecule has 9 nitrogen and oxygen atoms in total. The normalized spacial score (nSPS) is 21.2. The minimum Gasteiger partial charge on any atom is -0.483 e. The summed E-state index contributed by atoms with van der Waals surface area (Å²) in [6.07, 6.45) is -0.303. The number of carbonyl (C=O) groups excluding carboxylic acids is 2. The number of amides is 2. The Bertz CT molecular complexity index is 891. The second-order valence-corrected chi connectivity index (χ2v) is 9.22. The Morgan fingerprint density at radius 2 is 2.10 bits per heavy atom. The van der Waals surface area contributed by atoms with Gasteiger partial charge in [-0.15, -0.1) is 0 Å². The Hall–Kier alpha value is -2.49. The molecule has 1 aromatic rings. The highest BCUT2D eigenvalue weighted by atomic mass is 79.9. The number of benzene rings is 1. The predicted octanol–water partition coefficient (Wildman–Crippen LogP) is 2.51. The minimum absolute atomic E-state index is 0.108. The molecule has 3 aliphatic heterocycles. The van der Waals surface area contributed by atoms with Crippen molar-refractivity contribution >= 4 is 45.1 Å². The van der Waals surface area contributed by atoms with E-state index in [-0.39, 0.29) is 24.1 Å². The summed E-state index contributed by atoms with van der Waals surface area (Å²) in [5.41, 5.74) is 3.66. The maximum atomic E-state index is 12.1. The number of hydrogen-bond acceptors (Lipinski definition) is 7. The van der Waals surface area contributed by atoms with Crippen LogP contribution in [0.2, 0.25) is 0 Å². The van der Waals surface area contributed by atoms with Crippen LogP contribution in [0.25, 0.3) is 0 Å². The van der Waals surface area contributed by atoms with Crippen LogP contribution in [-0.4, -0.2) is 60.1 Å². The number of amidine groups is 1. The van der Waals surface area contributed by atoms with Crippen LogP contribution in [0, 0.1) is 0 Å². The Kier molecular flexibility index (Phi) is 4.84. The zero-order chi connectivity index (χ0) is 20.9. The molecular formula is C19H24BrN5O4. The monoisotopic (exact) mass is 465 g/mol. The number of carbonyl (C=O) groups is 2. The fourth-order valence-electron chi connectivity index (χ4n) is 3.42. The van der Waals surface area contributed by atoms with Gasteiger partial charge in [-0.2, -0.15) is 5.10 Å². The first-order valence-corrected chi connectivity index (χ1v) is 10.3. The third-order valence-corrected chi connectivity index (χ3v) is 5.55. The summed E-state index contributed by atoms with van der Waals surface area (Å²) in [5, 5.41) is 7.56. The molecule has 29 heavy (non-hydrogen) atoms. The Balaban J connectivity index is 1.48. The van der Waals surface area contributed by atoms with Crippen molar-refractivity contribution < 1.29 is 19.1 Å². The highest BCUT2D eigenvalue weighted by Crippen LogP contribution is 2.41. The molecule has 1 aromatic carbocycles. The van der Waals surface area contributed by atoms with E-state index >= 15 is 0 Å². The van der Waals surface area contributed by atoms with Crippen LogP contribution in [-0.2, 0) is 9.53 Å². The highest BCUT2D eigenvalue weighted by molar-refractivity contribution is 9.10. The lowest BCUT2D eigenvalue weighted by Gasteiger charge is -2.41. The standard InChI is InChI=1S/C19H24BrN5O4/c1-10-17(26)23-22-16-9-28-15-5-12(20)13(6-14(15)25(10)16)21-11-7-24(8-11)18(27)29-19(2,3)4/h5-6,10-11,21H,7-9H2,1-4H3,(H,23,26)/t10-/m0/s1. The van der Waals surface area contributed by atoms with Gasteiger partial charge in [0, 0.05) is 17.6 Å². The number of ether oxygens (including phenoxy) is 2. The van der Waals surface area contributed by atoms with Crippen molar-refractivity contribution in [2.24, 2.45) is 5.10 Å². The van der Waals surface area contributed by atoms with Gasteiger partial charge in [0.15, 0.2) is 5.84 Å². The van der Waals surface area contributed by atoms with E-state index in [1.807, 2.05) is 44.7 Å². The van der Waals surface area contributed by atoms with Gasteiger partial charge in [-0.3, -0.25) is 4.79 Å². The third kappa shape index (κ3) is 3.85. The van der Waals surface area contributed by atoms with E-state index in [2.05, 4.69) is 31.8 Å². The lowest BCUT2D eigenvalue weighted by Crippen LogP contribution is -2.58. The van der Waals surface area contributed by atoms with Crippen LogP contribution in [0.1, 0.15) is 27.7 Å². The Labute approximate surface area is 177 Å². The van der Waals surface area contributed by atoms with Gasteiger partial charge in [-0.25, -0.2) is 10.2 Å². The average Bonchev–Trinajstić information content (AvgIpc) is 2.59. The lowest BCUT2D eigenvalue weighted by molar-refractivity contribution is -0.122. The van der Waals surface area contributed by atoms with E-state index < -0.39 is 5.60 Å². The maximum absolute atomic E-state index is 12.1. The molecule has 0 saturated carbocycles. The van der Waals surface area contributed by atoms with Crippen molar-refractivity contribution in [2.45, 2.75) is 45.4 Å². The van der Waals surface area contributed by atoms with E-state index in [0.29, 0.717) is 31.3 Å². The topological polar surface area (TPSA) is 95.5 Å². The molecule has 2 amide bonds. The first kappa shape index (κ1) is 19.8. The molecule has 2 N–H and O–H groups in total. The zero-order valence-electron chi connectivity index (χ0n) is 16.8. The molecule has 0 unspecified atom stereocenters. The van der Waals surface area contributed by atoms with Gasteiger partial charge in [-0.1, -0.05) is 0 Å². The molecule has 1 saturated heterocycles. The van der Waals surface area contributed by atoms with Crippen molar-refractivity contribution in [1.82, 2.24) is 10.3 Å². The number of fused-ring (bicyclic) bond motifs is 3. The van der Waals surface area contributed by atoms with Gasteiger partial charge >= 0.3 is 6.09 Å². The number of hydrogen-bond donors (Lipinski definition) is 2. The summed E-state index contributed by atoms with van der Waals surface area (Å²) in [6.45, 7) is 8.81. The molecule has 156 valence electrons. The molecule has 4 rings (SSSR count). The van der Waals surface area contributed by atoms with Gasteiger partial charge < -0.3 is 24.6 Å². The number of nitrogens with one attached hydrogen (secondary N) is 2. The predicted molar refractivity (Wildman–Crippen MR) is 112 cm³/mol. The zero-order valence-corrected chi connectivity index (χ0v) is 18.4. The molecular weight excluding hydrogens is 442 g/mol. The van der Waals surface area contributed by atoms with Crippen LogP contribution in [0.4, 0.5) is 16.2 Å². The number of anilines is 2. The number of halogens is 1. The third-order valence-electron chi connectivity index (χ3n) is 4.90. The molecule has 3 aliphatic rings. The maximum Gasteiger partial charge on any atom is 0.410 e. The first-order valence-electron chi connectivity index (χ1n) is 9.49. The second kappa shape index (κ2) is 7.08. The number of hydrazone groups is 1. The molecule has 10 heteroatoms. The molecule has 0 aliphatic carbocycles.